The Morgan fingerprint density at radius 1 is 1.24 bits per heavy atom. The molecule has 2 aromatic heterocycles. The van der Waals surface area contributed by atoms with Crippen LogP contribution in [0, 0.1) is 0 Å². The molecule has 2 amide bonds. The van der Waals surface area contributed by atoms with Gasteiger partial charge in [-0.3, -0.25) is 14.6 Å². The molecule has 0 aliphatic carbocycles. The van der Waals surface area contributed by atoms with Crippen molar-refractivity contribution in [3.63, 3.8) is 0 Å². The molecule has 2 heterocycles. The van der Waals surface area contributed by atoms with Crippen LogP contribution >= 0.6 is 0 Å². The predicted molar refractivity (Wildman–Crippen MR) is 75.0 cm³/mol. The van der Waals surface area contributed by atoms with Crippen LogP contribution in [0.4, 0.5) is 5.82 Å². The van der Waals surface area contributed by atoms with Gasteiger partial charge in [0, 0.05) is 25.4 Å². The molecule has 0 aromatic carbocycles. The summed E-state index contributed by atoms with van der Waals surface area (Å²) in [6, 6.07) is 3.66. The number of anilines is 1. The Bertz CT molecular complexity index is 610. The molecule has 21 heavy (non-hydrogen) atoms. The highest BCUT2D eigenvalue weighted by Crippen LogP contribution is 2.01. The number of rotatable bonds is 6. The van der Waals surface area contributed by atoms with E-state index in [0.717, 1.165) is 5.56 Å². The van der Waals surface area contributed by atoms with Crippen molar-refractivity contribution in [1.29, 1.82) is 0 Å². The van der Waals surface area contributed by atoms with Gasteiger partial charge in [-0.2, -0.15) is 0 Å². The van der Waals surface area contributed by atoms with E-state index in [1.54, 1.807) is 19.3 Å². The molecule has 0 atom stereocenters. The highest BCUT2D eigenvalue weighted by atomic mass is 16.2. The molecule has 2 aromatic rings. The third-order valence-corrected chi connectivity index (χ3v) is 2.67. The third kappa shape index (κ3) is 4.68. The van der Waals surface area contributed by atoms with Gasteiger partial charge in [-0.05, 0) is 17.7 Å². The molecule has 2 N–H and O–H groups in total. The van der Waals surface area contributed by atoms with Gasteiger partial charge < -0.3 is 10.6 Å². The summed E-state index contributed by atoms with van der Waals surface area (Å²) in [5.74, 6) is -0.00180. The standard InChI is InChI=1S/C13H16N6O2/c1-2-12(20)16-11-8-19(18-17-11)9-13(21)15-7-10-3-5-14-6-4-10/h3-6,8H,2,7,9H2,1H3,(H,15,21)(H,16,20). The molecule has 0 unspecified atom stereocenters. The minimum atomic E-state index is -0.190. The van der Waals surface area contributed by atoms with E-state index < -0.39 is 0 Å². The summed E-state index contributed by atoms with van der Waals surface area (Å²) in [5.41, 5.74) is 0.966. The third-order valence-electron chi connectivity index (χ3n) is 2.67. The van der Waals surface area contributed by atoms with Crippen molar-refractivity contribution in [3.05, 3.63) is 36.3 Å². The van der Waals surface area contributed by atoms with Gasteiger partial charge in [-0.15, -0.1) is 5.10 Å². The van der Waals surface area contributed by atoms with Crippen molar-refractivity contribution >= 4 is 17.6 Å². The number of nitrogens with one attached hydrogen (secondary N) is 2. The first-order valence-electron chi connectivity index (χ1n) is 6.53. The van der Waals surface area contributed by atoms with E-state index in [9.17, 15) is 9.59 Å². The Labute approximate surface area is 121 Å². The average molecular weight is 288 g/mol. The number of carbonyl (C=O) groups excluding carboxylic acids is 2. The van der Waals surface area contributed by atoms with Crippen LogP contribution < -0.4 is 10.6 Å². The van der Waals surface area contributed by atoms with Crippen molar-refractivity contribution in [2.24, 2.45) is 0 Å². The monoisotopic (exact) mass is 288 g/mol. The minimum absolute atomic E-state index is 0.0417. The van der Waals surface area contributed by atoms with Gasteiger partial charge in [-0.1, -0.05) is 12.1 Å². The SMILES string of the molecule is CCC(=O)Nc1cn(CC(=O)NCc2ccncc2)nn1. The normalized spacial score (nSPS) is 10.1. The zero-order chi connectivity index (χ0) is 15.1. The Hall–Kier alpha value is -2.77. The summed E-state index contributed by atoms with van der Waals surface area (Å²) in [5, 5.41) is 12.9. The maximum absolute atomic E-state index is 11.8. The van der Waals surface area contributed by atoms with Crippen molar-refractivity contribution in [1.82, 2.24) is 25.3 Å². The molecular weight excluding hydrogens is 272 g/mol. The maximum Gasteiger partial charge on any atom is 0.242 e. The summed E-state index contributed by atoms with van der Waals surface area (Å²) < 4.78 is 1.37. The van der Waals surface area contributed by atoms with Gasteiger partial charge in [0.15, 0.2) is 5.82 Å². The first-order valence-corrected chi connectivity index (χ1v) is 6.53. The Balaban J connectivity index is 1.81. The fraction of sp³-hybridized carbons (Fsp3) is 0.308. The molecule has 2 rings (SSSR count). The molecule has 0 aliphatic rings. The van der Waals surface area contributed by atoms with Crippen LogP contribution in [-0.4, -0.2) is 31.8 Å². The van der Waals surface area contributed by atoms with Crippen LogP contribution in [0.25, 0.3) is 0 Å². The molecule has 0 bridgehead atoms. The van der Waals surface area contributed by atoms with Crippen LogP contribution in [0.2, 0.25) is 0 Å². The summed E-state index contributed by atoms with van der Waals surface area (Å²) >= 11 is 0. The van der Waals surface area contributed by atoms with Crippen LogP contribution in [0.15, 0.2) is 30.7 Å². The average Bonchev–Trinajstić information content (AvgIpc) is 2.93. The lowest BCUT2D eigenvalue weighted by atomic mass is 10.3. The molecule has 0 aliphatic heterocycles. The Morgan fingerprint density at radius 3 is 2.71 bits per heavy atom. The molecule has 0 saturated heterocycles. The highest BCUT2D eigenvalue weighted by Gasteiger charge is 2.07. The molecule has 0 radical (unpaired) electrons. The smallest absolute Gasteiger partial charge is 0.242 e. The zero-order valence-corrected chi connectivity index (χ0v) is 11.6. The van der Waals surface area contributed by atoms with Crippen LogP contribution in [0.1, 0.15) is 18.9 Å². The van der Waals surface area contributed by atoms with E-state index in [1.807, 2.05) is 12.1 Å². The summed E-state index contributed by atoms with van der Waals surface area (Å²) in [4.78, 5) is 26.9. The lowest BCUT2D eigenvalue weighted by molar-refractivity contribution is -0.122. The topological polar surface area (TPSA) is 102 Å². The second-order valence-electron chi connectivity index (χ2n) is 4.34. The van der Waals surface area contributed by atoms with Crippen LogP contribution in [0.5, 0.6) is 0 Å². The summed E-state index contributed by atoms with van der Waals surface area (Å²) in [6.07, 6.45) is 5.21. The van der Waals surface area contributed by atoms with E-state index in [1.165, 1.54) is 10.9 Å². The van der Waals surface area contributed by atoms with Gasteiger partial charge in [0.2, 0.25) is 11.8 Å². The van der Waals surface area contributed by atoms with Gasteiger partial charge in [0.25, 0.3) is 0 Å². The molecule has 8 heteroatoms. The highest BCUT2D eigenvalue weighted by molar-refractivity contribution is 5.89. The zero-order valence-electron chi connectivity index (χ0n) is 11.6. The lowest BCUT2D eigenvalue weighted by Gasteiger charge is -2.04. The second kappa shape index (κ2) is 7.13. The molecule has 0 spiro atoms. The molecule has 110 valence electrons. The largest absolute Gasteiger partial charge is 0.350 e. The number of aromatic nitrogens is 4. The Morgan fingerprint density at radius 2 is 2.00 bits per heavy atom. The number of hydrogen-bond donors (Lipinski definition) is 2. The van der Waals surface area contributed by atoms with Gasteiger partial charge >= 0.3 is 0 Å². The van der Waals surface area contributed by atoms with Gasteiger partial charge in [0.1, 0.15) is 6.54 Å². The first-order chi connectivity index (χ1) is 10.2. The number of hydrogen-bond acceptors (Lipinski definition) is 5. The van der Waals surface area contributed by atoms with Crippen molar-refractivity contribution in [2.45, 2.75) is 26.4 Å². The van der Waals surface area contributed by atoms with Gasteiger partial charge in [-0.25, -0.2) is 4.68 Å². The number of nitrogens with zero attached hydrogens (tertiary/aromatic N) is 4. The van der Waals surface area contributed by atoms with Crippen LogP contribution in [-0.2, 0) is 22.7 Å². The van der Waals surface area contributed by atoms with E-state index in [-0.39, 0.29) is 18.4 Å². The lowest BCUT2D eigenvalue weighted by Crippen LogP contribution is -2.27. The number of amides is 2. The minimum Gasteiger partial charge on any atom is -0.350 e. The first kappa shape index (κ1) is 14.6. The maximum atomic E-state index is 11.8. The Kier molecular flexibility index (Phi) is 4.97. The fourth-order valence-electron chi connectivity index (χ4n) is 1.57. The quantitative estimate of drug-likeness (QED) is 0.798. The molecule has 0 saturated carbocycles. The molecule has 0 fully saturated rings. The molecular formula is C13H16N6O2. The second-order valence-corrected chi connectivity index (χ2v) is 4.34. The van der Waals surface area contributed by atoms with Gasteiger partial charge in [0.05, 0.1) is 6.20 Å². The van der Waals surface area contributed by atoms with E-state index in [0.29, 0.717) is 18.8 Å². The summed E-state index contributed by atoms with van der Waals surface area (Å²) in [6.45, 7) is 2.21. The van der Waals surface area contributed by atoms with Crippen LogP contribution in [0.3, 0.4) is 0 Å². The predicted octanol–water partition coefficient (Wildman–Crippen LogP) is 0.338. The van der Waals surface area contributed by atoms with E-state index in [4.69, 9.17) is 0 Å². The van der Waals surface area contributed by atoms with E-state index in [2.05, 4.69) is 25.9 Å². The fourth-order valence-corrected chi connectivity index (χ4v) is 1.57. The van der Waals surface area contributed by atoms with Crippen molar-refractivity contribution in [3.8, 4) is 0 Å². The molecule has 8 nitrogen and oxygen atoms in total. The number of carbonyl (C=O) groups is 2. The summed E-state index contributed by atoms with van der Waals surface area (Å²) in [7, 11) is 0. The van der Waals surface area contributed by atoms with Crippen molar-refractivity contribution < 1.29 is 9.59 Å². The van der Waals surface area contributed by atoms with E-state index >= 15 is 0 Å². The number of pyridine rings is 1. The van der Waals surface area contributed by atoms with Crippen molar-refractivity contribution in [2.75, 3.05) is 5.32 Å².